The molecule has 1 aliphatic carbocycles. The van der Waals surface area contributed by atoms with Gasteiger partial charge in [-0.15, -0.1) is 0 Å². The highest BCUT2D eigenvalue weighted by Gasteiger charge is 2.50. The summed E-state index contributed by atoms with van der Waals surface area (Å²) in [5.74, 6) is 0.153. The molecule has 110 valence electrons. The first-order valence-corrected chi connectivity index (χ1v) is 7.20. The Kier molecular flexibility index (Phi) is 5.56. The molecule has 4 nitrogen and oxygen atoms in total. The van der Waals surface area contributed by atoms with Crippen LogP contribution < -0.4 is 5.32 Å². The van der Waals surface area contributed by atoms with E-state index in [1.54, 1.807) is 7.11 Å². The third kappa shape index (κ3) is 3.81. The molecule has 1 aromatic carbocycles. The third-order valence-electron chi connectivity index (χ3n) is 3.69. The number of hydrogen-bond acceptors (Lipinski definition) is 3. The van der Waals surface area contributed by atoms with Gasteiger partial charge in [0.1, 0.15) is 0 Å². The molecule has 0 atom stereocenters. The zero-order valence-corrected chi connectivity index (χ0v) is 12.1. The Morgan fingerprint density at radius 2 is 1.95 bits per heavy atom. The van der Waals surface area contributed by atoms with Crippen LogP contribution in [0.4, 0.5) is 0 Å². The van der Waals surface area contributed by atoms with Crippen LogP contribution in [-0.2, 0) is 19.7 Å². The molecule has 0 saturated heterocycles. The molecule has 1 amide bonds. The van der Waals surface area contributed by atoms with Crippen LogP contribution in [0.15, 0.2) is 30.3 Å². The number of rotatable bonds is 9. The summed E-state index contributed by atoms with van der Waals surface area (Å²) >= 11 is 0. The molecule has 0 spiro atoms. The molecule has 20 heavy (non-hydrogen) atoms. The maximum absolute atomic E-state index is 12.3. The second-order valence-corrected chi connectivity index (χ2v) is 5.16. The lowest BCUT2D eigenvalue weighted by Crippen LogP contribution is -2.35. The van der Waals surface area contributed by atoms with Crippen molar-refractivity contribution < 1.29 is 14.3 Å². The minimum atomic E-state index is -0.266. The van der Waals surface area contributed by atoms with E-state index in [1.807, 2.05) is 30.3 Å². The summed E-state index contributed by atoms with van der Waals surface area (Å²) < 4.78 is 10.3. The van der Waals surface area contributed by atoms with Gasteiger partial charge in [-0.25, -0.2) is 0 Å². The van der Waals surface area contributed by atoms with E-state index in [0.29, 0.717) is 26.4 Å². The number of hydrogen-bond donors (Lipinski definition) is 1. The molecule has 2 rings (SSSR count). The Morgan fingerprint density at radius 3 is 2.60 bits per heavy atom. The maximum Gasteiger partial charge on any atom is 0.230 e. The molecule has 0 heterocycles. The van der Waals surface area contributed by atoms with Crippen molar-refractivity contribution in [3.8, 4) is 0 Å². The third-order valence-corrected chi connectivity index (χ3v) is 3.69. The summed E-state index contributed by atoms with van der Waals surface area (Å²) in [6.07, 6.45) is 2.74. The summed E-state index contributed by atoms with van der Waals surface area (Å²) in [6, 6.07) is 10.0. The van der Waals surface area contributed by atoms with Gasteiger partial charge in [-0.05, 0) is 24.8 Å². The van der Waals surface area contributed by atoms with E-state index in [0.717, 1.165) is 24.8 Å². The van der Waals surface area contributed by atoms with Gasteiger partial charge in [0.2, 0.25) is 5.91 Å². The summed E-state index contributed by atoms with van der Waals surface area (Å²) in [5, 5.41) is 3.02. The van der Waals surface area contributed by atoms with Crippen LogP contribution in [0.25, 0.3) is 0 Å². The van der Waals surface area contributed by atoms with Crippen molar-refractivity contribution in [1.29, 1.82) is 0 Å². The lowest BCUT2D eigenvalue weighted by molar-refractivity contribution is -0.123. The molecular formula is C16H23NO3. The number of ether oxygens (including phenoxy) is 2. The Bertz CT molecular complexity index is 415. The van der Waals surface area contributed by atoms with E-state index >= 15 is 0 Å². The number of benzene rings is 1. The fraction of sp³-hybridized carbons (Fsp3) is 0.562. The summed E-state index contributed by atoms with van der Waals surface area (Å²) in [6.45, 7) is 2.55. The molecule has 1 saturated carbocycles. The normalized spacial score (nSPS) is 15.8. The zero-order valence-electron chi connectivity index (χ0n) is 12.1. The maximum atomic E-state index is 12.3. The van der Waals surface area contributed by atoms with Crippen LogP contribution in [0.2, 0.25) is 0 Å². The van der Waals surface area contributed by atoms with Gasteiger partial charge in [0, 0.05) is 20.3 Å². The van der Waals surface area contributed by atoms with Gasteiger partial charge in [0.15, 0.2) is 0 Å². The summed E-state index contributed by atoms with van der Waals surface area (Å²) in [4.78, 5) is 12.3. The number of nitrogens with one attached hydrogen (secondary N) is 1. The van der Waals surface area contributed by atoms with Crippen LogP contribution >= 0.6 is 0 Å². The largest absolute Gasteiger partial charge is 0.382 e. The van der Waals surface area contributed by atoms with Gasteiger partial charge >= 0.3 is 0 Å². The zero-order chi connectivity index (χ0) is 14.3. The van der Waals surface area contributed by atoms with Crippen molar-refractivity contribution in [1.82, 2.24) is 5.32 Å². The Morgan fingerprint density at radius 1 is 1.20 bits per heavy atom. The summed E-state index contributed by atoms with van der Waals surface area (Å²) in [7, 11) is 1.66. The van der Waals surface area contributed by atoms with Crippen molar-refractivity contribution in [3.05, 3.63) is 35.9 Å². The van der Waals surface area contributed by atoms with Crippen LogP contribution in [0.3, 0.4) is 0 Å². The molecule has 0 unspecified atom stereocenters. The van der Waals surface area contributed by atoms with Crippen LogP contribution in [0.5, 0.6) is 0 Å². The lowest BCUT2D eigenvalue weighted by Gasteiger charge is -2.15. The first-order chi connectivity index (χ1) is 9.79. The van der Waals surface area contributed by atoms with E-state index in [4.69, 9.17) is 9.47 Å². The molecule has 0 aromatic heterocycles. The van der Waals surface area contributed by atoms with E-state index in [1.165, 1.54) is 0 Å². The van der Waals surface area contributed by atoms with Gasteiger partial charge in [0.25, 0.3) is 0 Å². The SMILES string of the molecule is COCCOCCCNC(=O)C1(c2ccccc2)CC1. The Balaban J connectivity index is 1.68. The van der Waals surface area contributed by atoms with Crippen molar-refractivity contribution in [2.75, 3.05) is 33.5 Å². The molecule has 1 aromatic rings. The standard InChI is InChI=1S/C16H23NO3/c1-19-12-13-20-11-5-10-17-15(18)16(8-9-16)14-6-3-2-4-7-14/h2-4,6-7H,5,8-13H2,1H3,(H,17,18). The smallest absolute Gasteiger partial charge is 0.230 e. The van der Waals surface area contributed by atoms with Crippen LogP contribution in [0, 0.1) is 0 Å². The summed E-state index contributed by atoms with van der Waals surface area (Å²) in [5.41, 5.74) is 0.867. The average molecular weight is 277 g/mol. The molecule has 0 bridgehead atoms. The number of carbonyl (C=O) groups is 1. The van der Waals surface area contributed by atoms with Crippen molar-refractivity contribution in [3.63, 3.8) is 0 Å². The predicted octanol–water partition coefficient (Wildman–Crippen LogP) is 1.89. The van der Waals surface area contributed by atoms with Gasteiger partial charge in [-0.3, -0.25) is 4.79 Å². The fourth-order valence-corrected chi connectivity index (χ4v) is 2.32. The van der Waals surface area contributed by atoms with Gasteiger partial charge in [-0.1, -0.05) is 30.3 Å². The van der Waals surface area contributed by atoms with Gasteiger partial charge < -0.3 is 14.8 Å². The molecule has 4 heteroatoms. The Labute approximate surface area is 120 Å². The van der Waals surface area contributed by atoms with Crippen LogP contribution in [0.1, 0.15) is 24.8 Å². The topological polar surface area (TPSA) is 47.6 Å². The van der Waals surface area contributed by atoms with E-state index < -0.39 is 0 Å². The minimum absolute atomic E-state index is 0.153. The molecule has 0 radical (unpaired) electrons. The monoisotopic (exact) mass is 277 g/mol. The fourth-order valence-electron chi connectivity index (χ4n) is 2.32. The molecule has 1 aliphatic rings. The molecule has 1 N–H and O–H groups in total. The second-order valence-electron chi connectivity index (χ2n) is 5.16. The first-order valence-electron chi connectivity index (χ1n) is 7.20. The highest BCUT2D eigenvalue weighted by atomic mass is 16.5. The van der Waals surface area contributed by atoms with Gasteiger partial charge in [-0.2, -0.15) is 0 Å². The number of methoxy groups -OCH3 is 1. The van der Waals surface area contributed by atoms with Crippen molar-refractivity contribution in [2.24, 2.45) is 0 Å². The molecular weight excluding hydrogens is 254 g/mol. The highest BCUT2D eigenvalue weighted by Crippen LogP contribution is 2.48. The minimum Gasteiger partial charge on any atom is -0.382 e. The quantitative estimate of drug-likeness (QED) is 0.701. The molecule has 0 aliphatic heterocycles. The van der Waals surface area contributed by atoms with E-state index in [2.05, 4.69) is 5.32 Å². The first kappa shape index (κ1) is 15.0. The lowest BCUT2D eigenvalue weighted by atomic mass is 9.95. The van der Waals surface area contributed by atoms with Crippen molar-refractivity contribution >= 4 is 5.91 Å². The van der Waals surface area contributed by atoms with Crippen LogP contribution in [-0.4, -0.2) is 39.4 Å². The molecule has 1 fully saturated rings. The Hall–Kier alpha value is -1.39. The van der Waals surface area contributed by atoms with Gasteiger partial charge in [0.05, 0.1) is 18.6 Å². The van der Waals surface area contributed by atoms with E-state index in [9.17, 15) is 4.79 Å². The number of amides is 1. The van der Waals surface area contributed by atoms with E-state index in [-0.39, 0.29) is 11.3 Å². The number of carbonyl (C=O) groups excluding carboxylic acids is 1. The highest BCUT2D eigenvalue weighted by molar-refractivity contribution is 5.91. The second kappa shape index (κ2) is 7.41. The average Bonchev–Trinajstić information content (AvgIpc) is 3.29. The van der Waals surface area contributed by atoms with Crippen molar-refractivity contribution in [2.45, 2.75) is 24.7 Å². The predicted molar refractivity (Wildman–Crippen MR) is 77.7 cm³/mol.